The van der Waals surface area contributed by atoms with Crippen LogP contribution in [0.25, 0.3) is 10.9 Å². The van der Waals surface area contributed by atoms with Gasteiger partial charge in [-0.2, -0.15) is 0 Å². The topological polar surface area (TPSA) is 31.9 Å². The number of hydrogen-bond acceptors (Lipinski definition) is 2. The van der Waals surface area contributed by atoms with Gasteiger partial charge in [0.1, 0.15) is 0 Å². The quantitative estimate of drug-likeness (QED) is 0.778. The Bertz CT molecular complexity index is 847. The van der Waals surface area contributed by atoms with E-state index >= 15 is 0 Å². The number of benzene rings is 1. The van der Waals surface area contributed by atoms with Crippen molar-refractivity contribution in [3.8, 4) is 0 Å². The molecule has 0 aliphatic carbocycles. The first kappa shape index (κ1) is 14.3. The number of H-pyrrole nitrogens is 1. The number of pyridine rings is 1. The first-order valence-corrected chi connectivity index (χ1v) is 8.55. The van der Waals surface area contributed by atoms with Gasteiger partial charge in [0.15, 0.2) is 5.82 Å². The van der Waals surface area contributed by atoms with Crippen molar-refractivity contribution in [1.82, 2.24) is 9.97 Å². The maximum atomic E-state index is 4.71. The first-order valence-electron chi connectivity index (χ1n) is 8.55. The average Bonchev–Trinajstić information content (AvgIpc) is 2.91. The van der Waals surface area contributed by atoms with Gasteiger partial charge in [-0.15, -0.1) is 0 Å². The highest BCUT2D eigenvalue weighted by Crippen LogP contribution is 2.32. The minimum absolute atomic E-state index is 0.948. The number of aromatic amines is 1. The summed E-state index contributed by atoms with van der Waals surface area (Å²) in [6.07, 6.45) is 5.35. The van der Waals surface area contributed by atoms with Gasteiger partial charge >= 0.3 is 0 Å². The molecule has 1 N–H and O–H groups in total. The fraction of sp³-hybridized carbons (Fsp3) is 0.350. The molecular weight excluding hydrogens is 282 g/mol. The second-order valence-corrected chi connectivity index (χ2v) is 6.48. The Morgan fingerprint density at radius 2 is 2.00 bits per heavy atom. The van der Waals surface area contributed by atoms with Gasteiger partial charge in [0, 0.05) is 30.4 Å². The van der Waals surface area contributed by atoms with E-state index in [9.17, 15) is 0 Å². The Balaban J connectivity index is 1.77. The molecule has 23 heavy (non-hydrogen) atoms. The molecular formula is C20H23N3. The molecule has 0 radical (unpaired) electrons. The lowest BCUT2D eigenvalue weighted by molar-refractivity contribution is 0.723. The van der Waals surface area contributed by atoms with E-state index in [2.05, 4.69) is 54.1 Å². The third kappa shape index (κ3) is 2.40. The van der Waals surface area contributed by atoms with E-state index in [0.717, 1.165) is 31.7 Å². The second kappa shape index (κ2) is 5.73. The Morgan fingerprint density at radius 1 is 1.17 bits per heavy atom. The van der Waals surface area contributed by atoms with Crippen LogP contribution in [0, 0.1) is 6.92 Å². The molecule has 3 heterocycles. The average molecular weight is 305 g/mol. The lowest BCUT2D eigenvalue weighted by Crippen LogP contribution is -2.31. The molecule has 0 spiro atoms. The van der Waals surface area contributed by atoms with E-state index in [0.29, 0.717) is 0 Å². The monoisotopic (exact) mass is 305 g/mol. The lowest BCUT2D eigenvalue weighted by atomic mass is 10.00. The summed E-state index contributed by atoms with van der Waals surface area (Å²) in [5.41, 5.74) is 6.84. The van der Waals surface area contributed by atoms with Gasteiger partial charge < -0.3 is 9.88 Å². The zero-order valence-corrected chi connectivity index (χ0v) is 13.9. The molecule has 4 rings (SSSR count). The summed E-state index contributed by atoms with van der Waals surface area (Å²) < 4.78 is 0. The molecule has 0 unspecified atom stereocenters. The summed E-state index contributed by atoms with van der Waals surface area (Å²) in [5, 5.41) is 1.34. The Kier molecular flexibility index (Phi) is 3.56. The SMILES string of the molecule is CCCc1c(C)[nH]c2c(N3CCc4ccccc4C3)nccc12. The zero-order chi connectivity index (χ0) is 15.8. The molecule has 3 heteroatoms. The second-order valence-electron chi connectivity index (χ2n) is 6.48. The number of nitrogens with one attached hydrogen (secondary N) is 1. The highest BCUT2D eigenvalue weighted by molar-refractivity contribution is 5.93. The van der Waals surface area contributed by atoms with Crippen LogP contribution in [0.2, 0.25) is 0 Å². The summed E-state index contributed by atoms with van der Waals surface area (Å²) in [6, 6.07) is 10.9. The third-order valence-electron chi connectivity index (χ3n) is 4.95. The maximum absolute atomic E-state index is 4.71. The van der Waals surface area contributed by atoms with Gasteiger partial charge in [-0.25, -0.2) is 4.98 Å². The smallest absolute Gasteiger partial charge is 0.153 e. The Labute approximate surface area is 137 Å². The van der Waals surface area contributed by atoms with Gasteiger partial charge in [-0.3, -0.25) is 0 Å². The molecule has 118 valence electrons. The minimum Gasteiger partial charge on any atom is -0.355 e. The van der Waals surface area contributed by atoms with E-state index in [4.69, 9.17) is 4.98 Å². The summed E-state index contributed by atoms with van der Waals surface area (Å²) >= 11 is 0. The minimum atomic E-state index is 0.948. The number of anilines is 1. The molecule has 0 saturated heterocycles. The van der Waals surface area contributed by atoms with Crippen LogP contribution in [0.3, 0.4) is 0 Å². The molecule has 3 aromatic rings. The Morgan fingerprint density at radius 3 is 2.83 bits per heavy atom. The lowest BCUT2D eigenvalue weighted by Gasteiger charge is -2.30. The Hall–Kier alpha value is -2.29. The van der Waals surface area contributed by atoms with Crippen molar-refractivity contribution in [3.63, 3.8) is 0 Å². The van der Waals surface area contributed by atoms with Crippen molar-refractivity contribution in [2.45, 2.75) is 39.7 Å². The summed E-state index contributed by atoms with van der Waals surface area (Å²) in [6.45, 7) is 6.40. The van der Waals surface area contributed by atoms with Gasteiger partial charge in [-0.1, -0.05) is 37.6 Å². The molecule has 1 aliphatic rings. The van der Waals surface area contributed by atoms with E-state index in [1.54, 1.807) is 0 Å². The van der Waals surface area contributed by atoms with Crippen LogP contribution in [0.1, 0.15) is 35.7 Å². The number of hydrogen-bond donors (Lipinski definition) is 1. The fourth-order valence-corrected chi connectivity index (χ4v) is 3.78. The number of fused-ring (bicyclic) bond motifs is 2. The predicted molar refractivity (Wildman–Crippen MR) is 96.0 cm³/mol. The maximum Gasteiger partial charge on any atom is 0.153 e. The van der Waals surface area contributed by atoms with Crippen LogP contribution < -0.4 is 4.90 Å². The zero-order valence-electron chi connectivity index (χ0n) is 13.9. The van der Waals surface area contributed by atoms with Crippen molar-refractivity contribution in [3.05, 3.63) is 58.9 Å². The number of nitrogens with zero attached hydrogens (tertiary/aromatic N) is 2. The standard InChI is InChI=1S/C20H23N3/c1-3-6-17-14(2)22-19-18(17)9-11-21-20(19)23-12-10-15-7-4-5-8-16(15)13-23/h4-5,7-9,11,22H,3,6,10,12-13H2,1-2H3. The van der Waals surface area contributed by atoms with Crippen LogP contribution in [0.15, 0.2) is 36.5 Å². The van der Waals surface area contributed by atoms with Gasteiger partial charge in [0.25, 0.3) is 0 Å². The van der Waals surface area contributed by atoms with Crippen LogP contribution in [0.5, 0.6) is 0 Å². The van der Waals surface area contributed by atoms with Crippen molar-refractivity contribution < 1.29 is 0 Å². The molecule has 0 bridgehead atoms. The van der Waals surface area contributed by atoms with Crippen molar-refractivity contribution >= 4 is 16.7 Å². The van der Waals surface area contributed by atoms with E-state index in [1.165, 1.54) is 39.7 Å². The number of aryl methyl sites for hydroxylation is 2. The summed E-state index contributed by atoms with van der Waals surface area (Å²) in [7, 11) is 0. The highest BCUT2D eigenvalue weighted by Gasteiger charge is 2.20. The molecule has 1 aliphatic heterocycles. The largest absolute Gasteiger partial charge is 0.355 e. The molecule has 1 aromatic carbocycles. The number of aromatic nitrogens is 2. The fourth-order valence-electron chi connectivity index (χ4n) is 3.78. The van der Waals surface area contributed by atoms with Crippen molar-refractivity contribution in [1.29, 1.82) is 0 Å². The molecule has 0 amide bonds. The summed E-state index contributed by atoms with van der Waals surface area (Å²) in [5.74, 6) is 1.10. The van der Waals surface area contributed by atoms with Crippen LogP contribution >= 0.6 is 0 Å². The van der Waals surface area contributed by atoms with E-state index < -0.39 is 0 Å². The van der Waals surface area contributed by atoms with Crippen molar-refractivity contribution in [2.75, 3.05) is 11.4 Å². The molecule has 0 fully saturated rings. The molecule has 0 atom stereocenters. The molecule has 2 aromatic heterocycles. The van der Waals surface area contributed by atoms with Crippen LogP contribution in [0.4, 0.5) is 5.82 Å². The predicted octanol–water partition coefficient (Wildman–Crippen LogP) is 4.39. The third-order valence-corrected chi connectivity index (χ3v) is 4.95. The first-order chi connectivity index (χ1) is 11.3. The van der Waals surface area contributed by atoms with Crippen LogP contribution in [-0.4, -0.2) is 16.5 Å². The van der Waals surface area contributed by atoms with Gasteiger partial charge in [-0.05, 0) is 42.5 Å². The van der Waals surface area contributed by atoms with Gasteiger partial charge in [0.2, 0.25) is 0 Å². The molecule has 3 nitrogen and oxygen atoms in total. The van der Waals surface area contributed by atoms with E-state index in [1.807, 2.05) is 6.20 Å². The van der Waals surface area contributed by atoms with Crippen molar-refractivity contribution in [2.24, 2.45) is 0 Å². The molecule has 0 saturated carbocycles. The van der Waals surface area contributed by atoms with Crippen LogP contribution in [-0.2, 0) is 19.4 Å². The highest BCUT2D eigenvalue weighted by atomic mass is 15.2. The normalized spacial score (nSPS) is 14.3. The number of rotatable bonds is 3. The van der Waals surface area contributed by atoms with Gasteiger partial charge in [0.05, 0.1) is 5.52 Å². The van der Waals surface area contributed by atoms with E-state index in [-0.39, 0.29) is 0 Å². The summed E-state index contributed by atoms with van der Waals surface area (Å²) in [4.78, 5) is 10.7.